The molecule has 25 heavy (non-hydrogen) atoms. The van der Waals surface area contributed by atoms with Gasteiger partial charge in [-0.25, -0.2) is 4.98 Å². The van der Waals surface area contributed by atoms with Crippen molar-refractivity contribution in [3.63, 3.8) is 0 Å². The zero-order valence-corrected chi connectivity index (χ0v) is 16.6. The molecule has 136 valence electrons. The maximum absolute atomic E-state index is 12.8. The van der Waals surface area contributed by atoms with Crippen molar-refractivity contribution in [3.8, 4) is 0 Å². The van der Waals surface area contributed by atoms with Crippen LogP contribution in [0.5, 0.6) is 0 Å². The molecule has 1 aliphatic rings. The molecule has 1 unspecified atom stereocenters. The van der Waals surface area contributed by atoms with E-state index in [1.54, 1.807) is 0 Å². The molecule has 0 aliphatic carbocycles. The van der Waals surface area contributed by atoms with E-state index in [0.717, 1.165) is 24.4 Å². The van der Waals surface area contributed by atoms with Crippen LogP contribution in [0.3, 0.4) is 0 Å². The number of carbonyl (C=O) groups excluding carboxylic acids is 1. The smallest absolute Gasteiger partial charge is 0.273 e. The van der Waals surface area contributed by atoms with E-state index in [4.69, 9.17) is 5.73 Å². The van der Waals surface area contributed by atoms with Crippen LogP contribution < -0.4 is 5.73 Å². The Morgan fingerprint density at radius 1 is 1.32 bits per heavy atom. The minimum Gasteiger partial charge on any atom is -0.330 e. The fraction of sp³-hybridized carbons (Fsp3) is 0.474. The van der Waals surface area contributed by atoms with Crippen LogP contribution in [0, 0.1) is 0 Å². The maximum Gasteiger partial charge on any atom is 0.273 e. The van der Waals surface area contributed by atoms with E-state index in [1.165, 1.54) is 22.5 Å². The van der Waals surface area contributed by atoms with Gasteiger partial charge in [0, 0.05) is 18.5 Å². The van der Waals surface area contributed by atoms with E-state index >= 15 is 0 Å². The van der Waals surface area contributed by atoms with Crippen molar-refractivity contribution in [3.05, 3.63) is 51.5 Å². The van der Waals surface area contributed by atoms with Crippen LogP contribution >= 0.6 is 23.7 Å². The van der Waals surface area contributed by atoms with Gasteiger partial charge in [-0.3, -0.25) is 4.79 Å². The summed E-state index contributed by atoms with van der Waals surface area (Å²) in [4.78, 5) is 19.1. The molecule has 1 amide bonds. The lowest BCUT2D eigenvalue weighted by Gasteiger charge is -2.25. The summed E-state index contributed by atoms with van der Waals surface area (Å²) in [5.41, 5.74) is 8.80. The third kappa shape index (κ3) is 4.22. The molecular formula is C19H26ClN3OS. The van der Waals surface area contributed by atoms with E-state index in [2.05, 4.69) is 50.0 Å². The van der Waals surface area contributed by atoms with Crippen LogP contribution in [0.4, 0.5) is 0 Å². The van der Waals surface area contributed by atoms with Crippen LogP contribution in [0.15, 0.2) is 29.6 Å². The summed E-state index contributed by atoms with van der Waals surface area (Å²) >= 11 is 1.45. The number of halogens is 1. The van der Waals surface area contributed by atoms with E-state index < -0.39 is 0 Å². The maximum atomic E-state index is 12.8. The van der Waals surface area contributed by atoms with Gasteiger partial charge in [-0.1, -0.05) is 45.0 Å². The number of carbonyl (C=O) groups is 1. The highest BCUT2D eigenvalue weighted by Gasteiger charge is 2.31. The number of nitrogens with two attached hydrogens (primary N) is 1. The summed E-state index contributed by atoms with van der Waals surface area (Å²) in [7, 11) is 0. The van der Waals surface area contributed by atoms with Crippen LogP contribution in [-0.4, -0.2) is 22.3 Å². The van der Waals surface area contributed by atoms with Gasteiger partial charge in [-0.05, 0) is 29.4 Å². The van der Waals surface area contributed by atoms with Gasteiger partial charge in [0.05, 0.1) is 6.04 Å². The number of aromatic nitrogens is 1. The van der Waals surface area contributed by atoms with Gasteiger partial charge in [0.1, 0.15) is 10.7 Å². The summed E-state index contributed by atoms with van der Waals surface area (Å²) in [5.74, 6) is 0.0216. The number of thiazole rings is 1. The summed E-state index contributed by atoms with van der Waals surface area (Å²) in [6.45, 7) is 7.82. The van der Waals surface area contributed by atoms with Crippen molar-refractivity contribution in [1.29, 1.82) is 0 Å². The molecule has 1 aliphatic heterocycles. The predicted molar refractivity (Wildman–Crippen MR) is 105 cm³/mol. The molecular weight excluding hydrogens is 354 g/mol. The number of hydrogen-bond donors (Lipinski definition) is 1. The van der Waals surface area contributed by atoms with Crippen molar-refractivity contribution in [1.82, 2.24) is 9.88 Å². The average molecular weight is 380 g/mol. The Labute approximate surface area is 159 Å². The first-order valence-electron chi connectivity index (χ1n) is 8.46. The first-order chi connectivity index (χ1) is 11.4. The molecule has 0 saturated carbocycles. The van der Waals surface area contributed by atoms with Crippen molar-refractivity contribution in [2.24, 2.45) is 5.73 Å². The molecule has 1 aromatic carbocycles. The van der Waals surface area contributed by atoms with Gasteiger partial charge in [0.25, 0.3) is 5.91 Å². The second-order valence-electron chi connectivity index (χ2n) is 7.36. The molecule has 2 heterocycles. The summed E-state index contributed by atoms with van der Waals surface area (Å²) in [5, 5.41) is 2.63. The Hall–Kier alpha value is -1.43. The third-order valence-corrected chi connectivity index (χ3v) is 5.49. The number of nitrogens with zero attached hydrogens (tertiary/aromatic N) is 2. The highest BCUT2D eigenvalue weighted by molar-refractivity contribution is 7.09. The van der Waals surface area contributed by atoms with Crippen LogP contribution in [0.25, 0.3) is 0 Å². The van der Waals surface area contributed by atoms with Crippen molar-refractivity contribution in [2.45, 2.75) is 51.6 Å². The number of amides is 1. The number of rotatable bonds is 3. The van der Waals surface area contributed by atoms with E-state index in [0.29, 0.717) is 12.2 Å². The Morgan fingerprint density at radius 2 is 2.00 bits per heavy atom. The Bertz CT molecular complexity index is 721. The highest BCUT2D eigenvalue weighted by Crippen LogP contribution is 2.34. The molecule has 6 heteroatoms. The second kappa shape index (κ2) is 7.85. The lowest BCUT2D eigenvalue weighted by Crippen LogP contribution is -2.30. The first kappa shape index (κ1) is 19.9. The van der Waals surface area contributed by atoms with Gasteiger partial charge in [-0.15, -0.1) is 23.7 Å². The standard InChI is InChI=1S/C19H25N3OS.ClH/c1-19(2,3)14-8-6-13(7-9-14)16-5-4-10-22(16)18(23)15-12-24-17(11-20)21-15;/h6-9,12,16H,4-5,10-11,20H2,1-3H3;1H. The van der Waals surface area contributed by atoms with E-state index in [1.807, 2.05) is 10.3 Å². The molecule has 2 N–H and O–H groups in total. The molecule has 0 radical (unpaired) electrons. The zero-order valence-electron chi connectivity index (χ0n) is 15.0. The third-order valence-electron chi connectivity index (χ3n) is 4.62. The van der Waals surface area contributed by atoms with Gasteiger partial charge in [0.15, 0.2) is 0 Å². The normalized spacial score (nSPS) is 17.4. The number of likely N-dealkylation sites (tertiary alicyclic amines) is 1. The lowest BCUT2D eigenvalue weighted by molar-refractivity contribution is 0.0730. The fourth-order valence-corrected chi connectivity index (χ4v) is 3.86. The SMILES string of the molecule is CC(C)(C)c1ccc(C2CCCN2C(=O)c2csc(CN)n2)cc1.Cl. The summed E-state index contributed by atoms with van der Waals surface area (Å²) in [6.07, 6.45) is 2.04. The summed E-state index contributed by atoms with van der Waals surface area (Å²) in [6, 6.07) is 8.86. The Kier molecular flexibility index (Phi) is 6.25. The molecule has 1 atom stereocenters. The zero-order chi connectivity index (χ0) is 17.3. The highest BCUT2D eigenvalue weighted by atomic mass is 35.5. The van der Waals surface area contributed by atoms with E-state index in [-0.39, 0.29) is 29.8 Å². The van der Waals surface area contributed by atoms with Gasteiger partial charge < -0.3 is 10.6 Å². The predicted octanol–water partition coefficient (Wildman–Crippen LogP) is 4.30. The minimum atomic E-state index is 0. The molecule has 1 saturated heterocycles. The summed E-state index contributed by atoms with van der Waals surface area (Å²) < 4.78 is 0. The van der Waals surface area contributed by atoms with Gasteiger partial charge in [0.2, 0.25) is 0 Å². The Balaban J connectivity index is 0.00000225. The van der Waals surface area contributed by atoms with Crippen molar-refractivity contribution >= 4 is 29.7 Å². The number of hydrogen-bond acceptors (Lipinski definition) is 4. The molecule has 1 fully saturated rings. The number of benzene rings is 1. The molecule has 0 spiro atoms. The first-order valence-corrected chi connectivity index (χ1v) is 9.34. The fourth-order valence-electron chi connectivity index (χ4n) is 3.21. The molecule has 2 aromatic rings. The lowest BCUT2D eigenvalue weighted by atomic mass is 9.86. The van der Waals surface area contributed by atoms with Gasteiger partial charge >= 0.3 is 0 Å². The topological polar surface area (TPSA) is 59.2 Å². The van der Waals surface area contributed by atoms with Crippen LogP contribution in [-0.2, 0) is 12.0 Å². The quantitative estimate of drug-likeness (QED) is 0.864. The molecule has 3 rings (SSSR count). The van der Waals surface area contributed by atoms with Crippen molar-refractivity contribution in [2.75, 3.05) is 6.54 Å². The van der Waals surface area contributed by atoms with Gasteiger partial charge in [-0.2, -0.15) is 0 Å². The average Bonchev–Trinajstić information content (AvgIpc) is 3.22. The monoisotopic (exact) mass is 379 g/mol. The minimum absolute atomic E-state index is 0. The van der Waals surface area contributed by atoms with Crippen LogP contribution in [0.2, 0.25) is 0 Å². The van der Waals surface area contributed by atoms with E-state index in [9.17, 15) is 4.79 Å². The Morgan fingerprint density at radius 3 is 2.56 bits per heavy atom. The van der Waals surface area contributed by atoms with Crippen molar-refractivity contribution < 1.29 is 4.79 Å². The molecule has 0 bridgehead atoms. The molecule has 1 aromatic heterocycles. The molecule has 4 nitrogen and oxygen atoms in total. The van der Waals surface area contributed by atoms with Crippen LogP contribution in [0.1, 0.15) is 66.3 Å². The largest absolute Gasteiger partial charge is 0.330 e. The second-order valence-corrected chi connectivity index (χ2v) is 8.30.